The van der Waals surface area contributed by atoms with Gasteiger partial charge in [-0.25, -0.2) is 23.5 Å². The summed E-state index contributed by atoms with van der Waals surface area (Å²) in [5.41, 5.74) is -7.75. The highest BCUT2D eigenvalue weighted by Crippen LogP contribution is 2.28. The zero-order chi connectivity index (χ0) is 47.5. The summed E-state index contributed by atoms with van der Waals surface area (Å²) >= 11 is 0. The fourth-order valence-corrected chi connectivity index (χ4v) is 5.52. The molecule has 2 aliphatic heterocycles. The zero-order valence-electron chi connectivity index (χ0n) is 34.5. The zero-order valence-corrected chi connectivity index (χ0v) is 35.3. The van der Waals surface area contributed by atoms with Crippen LogP contribution in [-0.4, -0.2) is 141 Å². The van der Waals surface area contributed by atoms with Crippen LogP contribution in [0.3, 0.4) is 0 Å². The van der Waals surface area contributed by atoms with Gasteiger partial charge < -0.3 is 49.6 Å². The summed E-state index contributed by atoms with van der Waals surface area (Å²) < 4.78 is 81.2. The number of nitrogens with one attached hydrogen (secondary N) is 1. The van der Waals surface area contributed by atoms with E-state index < -0.39 is 100.0 Å². The smallest absolute Gasteiger partial charge is 0.455 e. The highest BCUT2D eigenvalue weighted by atomic mass is 32.2. The van der Waals surface area contributed by atoms with Crippen molar-refractivity contribution < 1.29 is 90.8 Å². The molecule has 0 radical (unpaired) electrons. The number of amides is 1. The number of allylic oxidation sites excluding steroid dienone is 8. The Balaban J connectivity index is 0.000000633. The summed E-state index contributed by atoms with van der Waals surface area (Å²) in [6.07, 6.45) is 23.4. The molecule has 2 aliphatic rings. The largest absolute Gasteiger partial charge is 0.499 e. The summed E-state index contributed by atoms with van der Waals surface area (Å²) in [5, 5.41) is 67.9. The Labute approximate surface area is 363 Å². The van der Waals surface area contributed by atoms with E-state index in [1.807, 2.05) is 0 Å². The highest BCUT2D eigenvalue weighted by Gasteiger charge is 2.47. The molecule has 0 spiro atoms. The summed E-state index contributed by atoms with van der Waals surface area (Å²) in [5.74, 6) is -3.66. The Kier molecular flexibility index (Phi) is 25.7. The number of sulfone groups is 1. The fourth-order valence-electron chi connectivity index (χ4n) is 5.04. The van der Waals surface area contributed by atoms with Gasteiger partial charge >= 0.3 is 17.4 Å². The molecule has 2 heterocycles. The number of carbonyl (C=O) groups is 3. The number of ether oxygens (including phenoxy) is 4. The Bertz CT molecular complexity index is 1850. The van der Waals surface area contributed by atoms with Crippen LogP contribution < -0.4 is 5.48 Å². The molecule has 63 heavy (non-hydrogen) atoms. The minimum absolute atomic E-state index is 0.0583. The van der Waals surface area contributed by atoms with Crippen LogP contribution in [0.1, 0.15) is 39.5 Å². The maximum atomic E-state index is 12.7. The number of aliphatic hydroxyl groups excluding tert-OH is 4. The molecule has 352 valence electrons. The third-order valence-electron chi connectivity index (χ3n) is 8.42. The highest BCUT2D eigenvalue weighted by molar-refractivity contribution is 7.92. The Morgan fingerprint density at radius 1 is 0.778 bits per heavy atom. The number of hydrogen-bond donors (Lipinski definition) is 8. The van der Waals surface area contributed by atoms with E-state index in [4.69, 9.17) is 34.4 Å². The van der Waals surface area contributed by atoms with Crippen molar-refractivity contribution in [3.05, 3.63) is 122 Å². The van der Waals surface area contributed by atoms with E-state index in [0.717, 1.165) is 13.0 Å². The van der Waals surface area contributed by atoms with E-state index in [-0.39, 0.29) is 19.6 Å². The van der Waals surface area contributed by atoms with Crippen LogP contribution in [0.5, 0.6) is 0 Å². The van der Waals surface area contributed by atoms with Crippen molar-refractivity contribution in [1.29, 1.82) is 0 Å². The predicted octanol–water partition coefficient (Wildman–Crippen LogP) is 2.32. The van der Waals surface area contributed by atoms with Gasteiger partial charge in [-0.05, 0) is 26.0 Å². The molecule has 8 N–H and O–H groups in total. The van der Waals surface area contributed by atoms with E-state index in [1.54, 1.807) is 42.5 Å². The maximum Gasteiger partial charge on any atom is 0.499 e. The van der Waals surface area contributed by atoms with Crippen LogP contribution in [0.15, 0.2) is 122 Å². The van der Waals surface area contributed by atoms with Gasteiger partial charge in [0.15, 0.2) is 5.94 Å². The van der Waals surface area contributed by atoms with Crippen LogP contribution in [0.2, 0.25) is 0 Å². The van der Waals surface area contributed by atoms with Gasteiger partial charge in [0.25, 0.3) is 15.7 Å². The lowest BCUT2D eigenvalue weighted by Gasteiger charge is -2.32. The van der Waals surface area contributed by atoms with Gasteiger partial charge in [0.05, 0.1) is 37.6 Å². The van der Waals surface area contributed by atoms with Crippen LogP contribution in [0.4, 0.5) is 13.2 Å². The summed E-state index contributed by atoms with van der Waals surface area (Å²) in [7, 11) is -5.64. The van der Waals surface area contributed by atoms with Crippen LogP contribution in [0, 0.1) is 0 Å². The Morgan fingerprint density at radius 3 is 1.57 bits per heavy atom. The predicted molar refractivity (Wildman–Crippen MR) is 221 cm³/mol. The van der Waals surface area contributed by atoms with Gasteiger partial charge in [-0.1, -0.05) is 97.2 Å². The van der Waals surface area contributed by atoms with Crippen molar-refractivity contribution in [3.63, 3.8) is 0 Å². The number of rotatable bonds is 24. The van der Waals surface area contributed by atoms with Crippen LogP contribution >= 0.6 is 0 Å². The number of hydrogen-bond acceptors (Lipinski definition) is 16. The van der Waals surface area contributed by atoms with E-state index in [1.165, 1.54) is 85.3 Å². The molecule has 0 aromatic rings. The fraction of sp³-hybridized carbons (Fsp3) is 0.452. The number of esters is 2. The molecule has 21 heteroatoms. The first-order valence-electron chi connectivity index (χ1n) is 19.2. The molecule has 0 aromatic carbocycles. The SMILES string of the molecule is C[C@@](O)(/C=C/C1CC=CC(=O)O1)C(C[C@@H](O)\C=C/C=C\C=C\CO)OCC(=O)NO.C[C@@](O)(/C=C/[C@H]1CC=CC(=O)O1)C(C[C@@H](O)\C=C/C=C\C=C\CO)OCS(=O)(=O)C(F)(F)F. The van der Waals surface area contributed by atoms with E-state index in [2.05, 4.69) is 0 Å². The average Bonchev–Trinajstić information content (AvgIpc) is 3.21. The third-order valence-corrected chi connectivity index (χ3v) is 9.58. The molecule has 0 saturated heterocycles. The lowest BCUT2D eigenvalue weighted by molar-refractivity contribution is -0.144. The van der Waals surface area contributed by atoms with E-state index in [9.17, 15) is 56.4 Å². The van der Waals surface area contributed by atoms with Crippen molar-refractivity contribution >= 4 is 27.7 Å². The van der Waals surface area contributed by atoms with Crippen LogP contribution in [-0.2, 0) is 43.2 Å². The molecule has 17 nitrogen and oxygen atoms in total. The molecular formula is C42H56F3NO16S. The number of halogens is 3. The number of carbonyl (C=O) groups excluding carboxylic acids is 3. The second-order valence-corrected chi connectivity index (χ2v) is 15.9. The van der Waals surface area contributed by atoms with Crippen molar-refractivity contribution in [2.24, 2.45) is 0 Å². The average molecular weight is 920 g/mol. The van der Waals surface area contributed by atoms with Gasteiger partial charge in [0.2, 0.25) is 0 Å². The minimum atomic E-state index is -5.64. The topological polar surface area (TPSA) is 276 Å². The first-order valence-corrected chi connectivity index (χ1v) is 20.8. The Morgan fingerprint density at radius 2 is 1.19 bits per heavy atom. The number of hydroxylamine groups is 1. The normalized spacial score (nSPS) is 21.6. The molecule has 3 unspecified atom stereocenters. The summed E-state index contributed by atoms with van der Waals surface area (Å²) in [6, 6.07) is 0. The van der Waals surface area contributed by atoms with Crippen molar-refractivity contribution in [1.82, 2.24) is 5.48 Å². The van der Waals surface area contributed by atoms with E-state index in [0.29, 0.717) is 12.8 Å². The van der Waals surface area contributed by atoms with Crippen LogP contribution in [0.25, 0.3) is 0 Å². The molecule has 2 rings (SSSR count). The summed E-state index contributed by atoms with van der Waals surface area (Å²) in [4.78, 5) is 33.9. The minimum Gasteiger partial charge on any atom is -0.455 e. The lowest BCUT2D eigenvalue weighted by atomic mass is 9.92. The molecular weight excluding hydrogens is 864 g/mol. The molecule has 0 fully saturated rings. The molecule has 0 bridgehead atoms. The van der Waals surface area contributed by atoms with Crippen molar-refractivity contribution in [2.45, 2.75) is 92.9 Å². The van der Waals surface area contributed by atoms with Crippen molar-refractivity contribution in [2.75, 3.05) is 25.8 Å². The van der Waals surface area contributed by atoms with Gasteiger partial charge in [-0.2, -0.15) is 13.2 Å². The number of cyclic esters (lactones) is 2. The standard InChI is InChI=1S/C21H27F3O8S.C21H29NO8/c1-20(28,12-11-17-9-7-10-19(27)32-17)18(31-15-33(29,30)21(22,23)24)14-16(26)8-5-3-2-4-6-13-25;1-21(27,12-11-17-9-7-10-20(26)30-17)18(29-15-19(25)22-28)14-16(24)8-5-3-2-4-6-13-23/h2-8,10-12,16-18,25-26,28H,9,13-15H2,1H3;2-8,10-12,16-18,23-24,27-28H,9,13-15H2,1H3,(H,22,25)/b2*3-2-,6-4+,8-5-,12-11+/t16-,17+,18?,20+;16-,17?,18?,21+/m00/s1. The molecule has 0 saturated carbocycles. The molecule has 1 amide bonds. The lowest BCUT2D eigenvalue weighted by Crippen LogP contribution is -2.43. The van der Waals surface area contributed by atoms with E-state index >= 15 is 0 Å². The summed E-state index contributed by atoms with van der Waals surface area (Å²) in [6.45, 7) is 1.83. The third kappa shape index (κ3) is 24.0. The quantitative estimate of drug-likeness (QED) is 0.0227. The molecule has 0 aromatic heterocycles. The second kappa shape index (κ2) is 28.8. The Hall–Kier alpha value is -4.81. The van der Waals surface area contributed by atoms with Gasteiger partial charge in [-0.3, -0.25) is 10.0 Å². The van der Waals surface area contributed by atoms with Gasteiger partial charge in [0.1, 0.15) is 30.0 Å². The molecule has 8 atom stereocenters. The number of alkyl halides is 3. The second-order valence-electron chi connectivity index (χ2n) is 13.9. The maximum absolute atomic E-state index is 12.7. The van der Waals surface area contributed by atoms with Gasteiger partial charge in [0, 0.05) is 37.8 Å². The van der Waals surface area contributed by atoms with Gasteiger partial charge in [-0.15, -0.1) is 0 Å². The number of aliphatic hydroxyl groups is 6. The first-order chi connectivity index (χ1) is 29.6. The molecule has 0 aliphatic carbocycles. The monoisotopic (exact) mass is 919 g/mol. The van der Waals surface area contributed by atoms with Crippen molar-refractivity contribution in [3.8, 4) is 0 Å². The first kappa shape index (κ1) is 56.2.